The van der Waals surface area contributed by atoms with Gasteiger partial charge in [-0.2, -0.15) is 0 Å². The number of carbonyl (C=O) groups excluding carboxylic acids is 1. The average Bonchev–Trinajstić information content (AvgIpc) is 2.54. The second kappa shape index (κ2) is 8.24. The molecule has 0 saturated carbocycles. The summed E-state index contributed by atoms with van der Waals surface area (Å²) in [5.41, 5.74) is 0.388. The predicted octanol–water partition coefficient (Wildman–Crippen LogP) is 4.56. The third-order valence-electron chi connectivity index (χ3n) is 3.65. The molecular formula is C18H18F3NOS. The summed E-state index contributed by atoms with van der Waals surface area (Å²) in [6.45, 7) is 1.80. The molecule has 6 heteroatoms. The maximum atomic E-state index is 13.7. The molecule has 2 rings (SSSR count). The van der Waals surface area contributed by atoms with Crippen molar-refractivity contribution in [3.05, 3.63) is 71.0 Å². The summed E-state index contributed by atoms with van der Waals surface area (Å²) in [5, 5.41) is -0.503. The van der Waals surface area contributed by atoms with Gasteiger partial charge in [-0.15, -0.1) is 11.8 Å². The Morgan fingerprint density at radius 3 is 2.25 bits per heavy atom. The standard InChI is InChI=1S/C18H18F3NOS/c1-12(18-15(20)8-5-9-16(18)21)24-11-17(23)22(2)10-13-6-3-4-7-14(13)19/h3-9,12H,10-11H2,1-2H3. The first-order chi connectivity index (χ1) is 11.4. The fourth-order valence-electron chi connectivity index (χ4n) is 2.26. The van der Waals surface area contributed by atoms with Crippen molar-refractivity contribution in [2.45, 2.75) is 18.7 Å². The first-order valence-corrected chi connectivity index (χ1v) is 8.48. The Bertz CT molecular complexity index is 703. The Kier molecular flexibility index (Phi) is 6.31. The van der Waals surface area contributed by atoms with Crippen molar-refractivity contribution in [2.24, 2.45) is 0 Å². The molecule has 1 atom stereocenters. The zero-order valence-electron chi connectivity index (χ0n) is 13.4. The fourth-order valence-corrected chi connectivity index (χ4v) is 3.26. The van der Waals surface area contributed by atoms with Crippen LogP contribution < -0.4 is 0 Å². The van der Waals surface area contributed by atoms with Crippen molar-refractivity contribution in [3.8, 4) is 0 Å². The Morgan fingerprint density at radius 2 is 1.62 bits per heavy atom. The zero-order valence-corrected chi connectivity index (χ0v) is 14.2. The normalized spacial score (nSPS) is 12.0. The van der Waals surface area contributed by atoms with Gasteiger partial charge in [-0.1, -0.05) is 24.3 Å². The van der Waals surface area contributed by atoms with Crippen LogP contribution in [0.5, 0.6) is 0 Å². The first kappa shape index (κ1) is 18.4. The minimum absolute atomic E-state index is 0.0351. The SMILES string of the molecule is CC(SCC(=O)N(C)Cc1ccccc1F)c1c(F)cccc1F. The van der Waals surface area contributed by atoms with E-state index in [-0.39, 0.29) is 29.6 Å². The van der Waals surface area contributed by atoms with Crippen LogP contribution in [0.4, 0.5) is 13.2 Å². The lowest BCUT2D eigenvalue weighted by Gasteiger charge is -2.19. The molecule has 0 aliphatic carbocycles. The van der Waals surface area contributed by atoms with Gasteiger partial charge in [0.2, 0.25) is 5.91 Å². The van der Waals surface area contributed by atoms with Gasteiger partial charge >= 0.3 is 0 Å². The van der Waals surface area contributed by atoms with Crippen LogP contribution in [-0.2, 0) is 11.3 Å². The van der Waals surface area contributed by atoms with Crippen LogP contribution in [0.1, 0.15) is 23.3 Å². The van der Waals surface area contributed by atoms with E-state index in [1.165, 1.54) is 29.2 Å². The van der Waals surface area contributed by atoms with E-state index in [1.807, 2.05) is 0 Å². The number of hydrogen-bond donors (Lipinski definition) is 0. The van der Waals surface area contributed by atoms with Gasteiger partial charge < -0.3 is 4.90 Å². The summed E-state index contributed by atoms with van der Waals surface area (Å²) in [6.07, 6.45) is 0. The van der Waals surface area contributed by atoms with Crippen LogP contribution in [0.2, 0.25) is 0 Å². The third-order valence-corrected chi connectivity index (χ3v) is 4.80. The van der Waals surface area contributed by atoms with Gasteiger partial charge in [-0.3, -0.25) is 4.79 Å². The molecule has 0 aromatic heterocycles. The van der Waals surface area contributed by atoms with Gasteiger partial charge in [-0.05, 0) is 25.1 Å². The third kappa shape index (κ3) is 4.54. The zero-order chi connectivity index (χ0) is 17.7. The highest BCUT2D eigenvalue weighted by Crippen LogP contribution is 2.32. The number of hydrogen-bond acceptors (Lipinski definition) is 2. The van der Waals surface area contributed by atoms with E-state index in [0.29, 0.717) is 5.56 Å². The van der Waals surface area contributed by atoms with E-state index in [9.17, 15) is 18.0 Å². The lowest BCUT2D eigenvalue weighted by Crippen LogP contribution is -2.28. The fraction of sp³-hybridized carbons (Fsp3) is 0.278. The van der Waals surface area contributed by atoms with Gasteiger partial charge in [0, 0.05) is 30.0 Å². The molecule has 2 aromatic rings. The van der Waals surface area contributed by atoms with Crippen LogP contribution in [0.3, 0.4) is 0 Å². The van der Waals surface area contributed by atoms with Crippen molar-refractivity contribution in [1.82, 2.24) is 4.90 Å². The van der Waals surface area contributed by atoms with Crippen LogP contribution in [0.25, 0.3) is 0 Å². The molecule has 0 N–H and O–H groups in total. The number of amides is 1. The molecule has 2 nitrogen and oxygen atoms in total. The molecule has 2 aromatic carbocycles. The van der Waals surface area contributed by atoms with Gasteiger partial charge in [0.25, 0.3) is 0 Å². The molecule has 0 aliphatic heterocycles. The number of carbonyl (C=O) groups is 1. The summed E-state index contributed by atoms with van der Waals surface area (Å²) in [4.78, 5) is 13.6. The van der Waals surface area contributed by atoms with Crippen LogP contribution in [0.15, 0.2) is 42.5 Å². The maximum absolute atomic E-state index is 13.7. The van der Waals surface area contributed by atoms with E-state index >= 15 is 0 Å². The van der Waals surface area contributed by atoms with Gasteiger partial charge in [-0.25, -0.2) is 13.2 Å². The van der Waals surface area contributed by atoms with E-state index in [0.717, 1.165) is 11.8 Å². The van der Waals surface area contributed by atoms with E-state index in [4.69, 9.17) is 0 Å². The van der Waals surface area contributed by atoms with Crippen molar-refractivity contribution in [3.63, 3.8) is 0 Å². The van der Waals surface area contributed by atoms with E-state index in [1.54, 1.807) is 32.2 Å². The molecule has 0 heterocycles. The monoisotopic (exact) mass is 353 g/mol. The molecular weight excluding hydrogens is 335 g/mol. The molecule has 0 spiro atoms. The summed E-state index contributed by atoms with van der Waals surface area (Å²) in [7, 11) is 1.57. The summed E-state index contributed by atoms with van der Waals surface area (Å²) >= 11 is 1.14. The molecule has 128 valence electrons. The minimum Gasteiger partial charge on any atom is -0.341 e. The van der Waals surface area contributed by atoms with Crippen molar-refractivity contribution >= 4 is 17.7 Å². The molecule has 1 unspecified atom stereocenters. The number of halogens is 3. The van der Waals surface area contributed by atoms with Crippen molar-refractivity contribution < 1.29 is 18.0 Å². The van der Waals surface area contributed by atoms with Crippen LogP contribution in [-0.4, -0.2) is 23.6 Å². The number of benzene rings is 2. The van der Waals surface area contributed by atoms with E-state index < -0.39 is 16.9 Å². The quantitative estimate of drug-likeness (QED) is 0.759. The molecule has 0 bridgehead atoms. The second-order valence-electron chi connectivity index (χ2n) is 5.43. The topological polar surface area (TPSA) is 20.3 Å². The highest BCUT2D eigenvalue weighted by Gasteiger charge is 2.19. The first-order valence-electron chi connectivity index (χ1n) is 7.43. The number of thioether (sulfide) groups is 1. The Morgan fingerprint density at radius 1 is 1.04 bits per heavy atom. The lowest BCUT2D eigenvalue weighted by molar-refractivity contribution is -0.127. The number of nitrogens with zero attached hydrogens (tertiary/aromatic N) is 1. The molecule has 0 aliphatic rings. The summed E-state index contributed by atoms with van der Waals surface area (Å²) in [6, 6.07) is 9.94. The highest BCUT2D eigenvalue weighted by molar-refractivity contribution is 8.00. The summed E-state index contributed by atoms with van der Waals surface area (Å²) in [5.74, 6) is -1.79. The lowest BCUT2D eigenvalue weighted by atomic mass is 10.1. The van der Waals surface area contributed by atoms with E-state index in [2.05, 4.69) is 0 Å². The smallest absolute Gasteiger partial charge is 0.232 e. The maximum Gasteiger partial charge on any atom is 0.232 e. The molecule has 0 fully saturated rings. The Hall–Kier alpha value is -1.95. The van der Waals surface area contributed by atoms with Gasteiger partial charge in [0.1, 0.15) is 17.5 Å². The molecule has 24 heavy (non-hydrogen) atoms. The molecule has 0 saturated heterocycles. The van der Waals surface area contributed by atoms with Crippen molar-refractivity contribution in [2.75, 3.05) is 12.8 Å². The molecule has 0 radical (unpaired) electrons. The predicted molar refractivity (Wildman–Crippen MR) is 90.1 cm³/mol. The average molecular weight is 353 g/mol. The largest absolute Gasteiger partial charge is 0.341 e. The van der Waals surface area contributed by atoms with Crippen molar-refractivity contribution in [1.29, 1.82) is 0 Å². The minimum atomic E-state index is -0.623. The van der Waals surface area contributed by atoms with Crippen LogP contribution >= 0.6 is 11.8 Å². The van der Waals surface area contributed by atoms with Crippen LogP contribution in [0, 0.1) is 17.5 Å². The van der Waals surface area contributed by atoms with Gasteiger partial charge in [0.05, 0.1) is 5.75 Å². The summed E-state index contributed by atoms with van der Waals surface area (Å²) < 4.78 is 41.1. The highest BCUT2D eigenvalue weighted by atomic mass is 32.2. The molecule has 1 amide bonds. The number of rotatable bonds is 6. The second-order valence-corrected chi connectivity index (χ2v) is 6.76. The Balaban J connectivity index is 1.94. The Labute approximate surface area is 143 Å². The van der Waals surface area contributed by atoms with Gasteiger partial charge in [0.15, 0.2) is 0 Å².